The topological polar surface area (TPSA) is 24.1 Å². The summed E-state index contributed by atoms with van der Waals surface area (Å²) in [6.45, 7) is 7.22. The minimum absolute atomic E-state index is 0.747. The third kappa shape index (κ3) is 3.18. The molecular weight excluding hydrogens is 184 g/mol. The van der Waals surface area contributed by atoms with Crippen molar-refractivity contribution in [2.75, 3.05) is 13.1 Å². The smallest absolute Gasteiger partial charge is 0.0193 e. The van der Waals surface area contributed by atoms with Gasteiger partial charge in [-0.05, 0) is 50.5 Å². The zero-order valence-corrected chi connectivity index (χ0v) is 10.3. The Bertz CT molecular complexity index is 187. The molecule has 4 atom stereocenters. The Kier molecular flexibility index (Phi) is 4.04. The Labute approximate surface area is 94.2 Å². The van der Waals surface area contributed by atoms with Crippen LogP contribution in [0.5, 0.6) is 0 Å². The predicted molar refractivity (Wildman–Crippen MR) is 65.0 cm³/mol. The molecule has 88 valence electrons. The Morgan fingerprint density at radius 3 is 2.73 bits per heavy atom. The molecule has 2 rings (SSSR count). The minimum Gasteiger partial charge on any atom is -0.313 e. The Balaban J connectivity index is 1.69. The van der Waals surface area contributed by atoms with E-state index in [2.05, 4.69) is 24.5 Å². The molecule has 2 N–H and O–H groups in total. The van der Waals surface area contributed by atoms with Gasteiger partial charge >= 0.3 is 0 Å². The van der Waals surface area contributed by atoms with E-state index in [1.165, 1.54) is 45.2 Å². The van der Waals surface area contributed by atoms with Crippen LogP contribution in [0, 0.1) is 11.8 Å². The van der Waals surface area contributed by atoms with Crippen LogP contribution in [-0.4, -0.2) is 25.2 Å². The number of hydrogen-bond donors (Lipinski definition) is 2. The molecule has 1 saturated carbocycles. The molecule has 0 spiro atoms. The van der Waals surface area contributed by atoms with Gasteiger partial charge in [-0.3, -0.25) is 0 Å². The molecule has 2 nitrogen and oxygen atoms in total. The molecule has 15 heavy (non-hydrogen) atoms. The highest BCUT2D eigenvalue weighted by atomic mass is 15.0. The molecular formula is C13H26N2. The predicted octanol–water partition coefficient (Wildman–Crippen LogP) is 2.15. The first-order valence-corrected chi connectivity index (χ1v) is 6.72. The molecule has 1 saturated heterocycles. The molecule has 0 amide bonds. The van der Waals surface area contributed by atoms with Crippen LogP contribution in [0.4, 0.5) is 0 Å². The van der Waals surface area contributed by atoms with E-state index in [0.29, 0.717) is 0 Å². The molecule has 1 aliphatic heterocycles. The van der Waals surface area contributed by atoms with Crippen molar-refractivity contribution in [3.63, 3.8) is 0 Å². The van der Waals surface area contributed by atoms with Crippen LogP contribution in [0.2, 0.25) is 0 Å². The molecule has 2 fully saturated rings. The van der Waals surface area contributed by atoms with E-state index < -0.39 is 0 Å². The van der Waals surface area contributed by atoms with Crippen molar-refractivity contribution in [3.8, 4) is 0 Å². The summed E-state index contributed by atoms with van der Waals surface area (Å²) in [5.74, 6) is 1.82. The van der Waals surface area contributed by atoms with Gasteiger partial charge in [0.1, 0.15) is 0 Å². The van der Waals surface area contributed by atoms with Crippen LogP contribution >= 0.6 is 0 Å². The maximum Gasteiger partial charge on any atom is 0.0193 e. The number of rotatable bonds is 3. The molecule has 0 radical (unpaired) electrons. The van der Waals surface area contributed by atoms with Gasteiger partial charge in [-0.15, -0.1) is 0 Å². The average Bonchev–Trinajstić information content (AvgIpc) is 2.69. The lowest BCUT2D eigenvalue weighted by atomic mass is 9.80. The fourth-order valence-electron chi connectivity index (χ4n) is 3.19. The second-order valence-corrected chi connectivity index (χ2v) is 5.70. The minimum atomic E-state index is 0.747. The highest BCUT2D eigenvalue weighted by Gasteiger charge is 2.25. The first-order valence-electron chi connectivity index (χ1n) is 6.72. The van der Waals surface area contributed by atoms with Gasteiger partial charge in [0.05, 0.1) is 0 Å². The Morgan fingerprint density at radius 2 is 2.07 bits per heavy atom. The summed E-state index contributed by atoms with van der Waals surface area (Å²) >= 11 is 0. The molecule has 2 aliphatic rings. The van der Waals surface area contributed by atoms with Crippen molar-refractivity contribution >= 4 is 0 Å². The van der Waals surface area contributed by atoms with Crippen molar-refractivity contribution in [3.05, 3.63) is 0 Å². The number of nitrogens with one attached hydrogen (secondary N) is 2. The van der Waals surface area contributed by atoms with Gasteiger partial charge in [0.2, 0.25) is 0 Å². The summed E-state index contributed by atoms with van der Waals surface area (Å²) < 4.78 is 0. The lowest BCUT2D eigenvalue weighted by Crippen LogP contribution is -2.44. The second-order valence-electron chi connectivity index (χ2n) is 5.70. The van der Waals surface area contributed by atoms with E-state index in [4.69, 9.17) is 0 Å². The normalized spacial score (nSPS) is 42.0. The molecule has 0 aromatic rings. The van der Waals surface area contributed by atoms with Crippen LogP contribution < -0.4 is 10.6 Å². The van der Waals surface area contributed by atoms with E-state index in [1.807, 2.05) is 0 Å². The van der Waals surface area contributed by atoms with E-state index in [0.717, 1.165) is 23.9 Å². The summed E-state index contributed by atoms with van der Waals surface area (Å²) in [6, 6.07) is 1.53. The second kappa shape index (κ2) is 5.31. The molecule has 4 unspecified atom stereocenters. The van der Waals surface area contributed by atoms with Crippen LogP contribution in [-0.2, 0) is 0 Å². The van der Waals surface area contributed by atoms with Crippen molar-refractivity contribution in [2.45, 2.75) is 58.0 Å². The average molecular weight is 210 g/mol. The molecule has 1 heterocycles. The zero-order valence-electron chi connectivity index (χ0n) is 10.3. The Morgan fingerprint density at radius 1 is 1.20 bits per heavy atom. The summed E-state index contributed by atoms with van der Waals surface area (Å²) in [6.07, 6.45) is 6.94. The van der Waals surface area contributed by atoms with Gasteiger partial charge in [0.15, 0.2) is 0 Å². The van der Waals surface area contributed by atoms with Gasteiger partial charge in [0, 0.05) is 18.6 Å². The van der Waals surface area contributed by atoms with Crippen molar-refractivity contribution in [2.24, 2.45) is 11.8 Å². The SMILES string of the molecule is CC1CCC(NCC2CCCN2)C(C)C1. The lowest BCUT2D eigenvalue weighted by Gasteiger charge is -2.34. The molecule has 0 bridgehead atoms. The summed E-state index contributed by atoms with van der Waals surface area (Å²) in [5.41, 5.74) is 0. The quantitative estimate of drug-likeness (QED) is 0.746. The largest absolute Gasteiger partial charge is 0.313 e. The maximum absolute atomic E-state index is 3.77. The van der Waals surface area contributed by atoms with Gasteiger partial charge in [-0.2, -0.15) is 0 Å². The first kappa shape index (κ1) is 11.4. The van der Waals surface area contributed by atoms with Crippen LogP contribution in [0.3, 0.4) is 0 Å². The Hall–Kier alpha value is -0.0800. The zero-order chi connectivity index (χ0) is 10.7. The molecule has 1 aliphatic carbocycles. The molecule has 0 aromatic heterocycles. The lowest BCUT2D eigenvalue weighted by molar-refractivity contribution is 0.225. The molecule has 0 aromatic carbocycles. The van der Waals surface area contributed by atoms with E-state index >= 15 is 0 Å². The highest BCUT2D eigenvalue weighted by molar-refractivity contribution is 4.84. The van der Waals surface area contributed by atoms with E-state index in [9.17, 15) is 0 Å². The third-order valence-corrected chi connectivity index (χ3v) is 4.22. The number of hydrogen-bond acceptors (Lipinski definition) is 2. The van der Waals surface area contributed by atoms with Crippen LogP contribution in [0.15, 0.2) is 0 Å². The molecule has 2 heteroatoms. The maximum atomic E-state index is 3.77. The van der Waals surface area contributed by atoms with Crippen LogP contribution in [0.1, 0.15) is 46.0 Å². The summed E-state index contributed by atoms with van der Waals surface area (Å²) in [5, 5.41) is 7.33. The van der Waals surface area contributed by atoms with Gasteiger partial charge in [-0.25, -0.2) is 0 Å². The van der Waals surface area contributed by atoms with E-state index in [1.54, 1.807) is 0 Å². The fraction of sp³-hybridized carbons (Fsp3) is 1.00. The van der Waals surface area contributed by atoms with Crippen molar-refractivity contribution < 1.29 is 0 Å². The van der Waals surface area contributed by atoms with Crippen LogP contribution in [0.25, 0.3) is 0 Å². The van der Waals surface area contributed by atoms with Gasteiger partial charge in [0.25, 0.3) is 0 Å². The fourth-order valence-corrected chi connectivity index (χ4v) is 3.19. The third-order valence-electron chi connectivity index (χ3n) is 4.22. The van der Waals surface area contributed by atoms with Crippen molar-refractivity contribution in [1.82, 2.24) is 10.6 Å². The summed E-state index contributed by atoms with van der Waals surface area (Å²) in [4.78, 5) is 0. The highest BCUT2D eigenvalue weighted by Crippen LogP contribution is 2.28. The monoisotopic (exact) mass is 210 g/mol. The van der Waals surface area contributed by atoms with Gasteiger partial charge < -0.3 is 10.6 Å². The van der Waals surface area contributed by atoms with Crippen molar-refractivity contribution in [1.29, 1.82) is 0 Å². The first-order chi connectivity index (χ1) is 7.25. The standard InChI is InChI=1S/C13H26N2/c1-10-5-6-13(11(2)8-10)15-9-12-4-3-7-14-12/h10-15H,3-9H2,1-2H3. The van der Waals surface area contributed by atoms with Gasteiger partial charge in [-0.1, -0.05) is 13.8 Å². The summed E-state index contributed by atoms with van der Waals surface area (Å²) in [7, 11) is 0. The van der Waals surface area contributed by atoms with E-state index in [-0.39, 0.29) is 0 Å².